The van der Waals surface area contributed by atoms with Crippen molar-refractivity contribution in [1.29, 1.82) is 0 Å². The molecule has 1 aromatic carbocycles. The Balaban J connectivity index is 1.23. The number of rotatable bonds is 3. The zero-order valence-electron chi connectivity index (χ0n) is 20.0. The van der Waals surface area contributed by atoms with E-state index in [1.54, 1.807) is 12.1 Å². The molecule has 5 atom stereocenters. The maximum atomic E-state index is 15.1. The van der Waals surface area contributed by atoms with Crippen molar-refractivity contribution < 1.29 is 28.2 Å². The van der Waals surface area contributed by atoms with E-state index in [-0.39, 0.29) is 36.5 Å². The summed E-state index contributed by atoms with van der Waals surface area (Å²) in [5.74, 6) is -0.394. The monoisotopic (exact) mass is 475 g/mol. The van der Waals surface area contributed by atoms with Crippen molar-refractivity contribution in [2.75, 3.05) is 36.0 Å². The summed E-state index contributed by atoms with van der Waals surface area (Å²) in [6.45, 7) is 6.17. The van der Waals surface area contributed by atoms with Crippen LogP contribution in [0, 0.1) is 5.82 Å². The summed E-state index contributed by atoms with van der Waals surface area (Å²) in [6, 6.07) is 5.06. The fourth-order valence-electron chi connectivity index (χ4n) is 5.95. The maximum absolute atomic E-state index is 15.1. The lowest BCUT2D eigenvalue weighted by Gasteiger charge is -2.48. The molecular formula is C25H34FN3O5. The summed E-state index contributed by atoms with van der Waals surface area (Å²) < 4.78 is 32.1. The van der Waals surface area contributed by atoms with Crippen LogP contribution in [0.5, 0.6) is 0 Å². The Morgan fingerprint density at radius 1 is 1.15 bits per heavy atom. The quantitative estimate of drug-likeness (QED) is 0.649. The highest BCUT2D eigenvalue weighted by Gasteiger charge is 2.42. The van der Waals surface area contributed by atoms with E-state index in [0.717, 1.165) is 38.5 Å². The maximum Gasteiger partial charge on any atom is 0.414 e. The summed E-state index contributed by atoms with van der Waals surface area (Å²) in [5.41, 5.74) is 0.955. The third-order valence-electron chi connectivity index (χ3n) is 7.45. The number of carbonyl (C=O) groups excluding carboxylic acids is 2. The molecular weight excluding hydrogens is 441 g/mol. The third kappa shape index (κ3) is 4.67. The van der Waals surface area contributed by atoms with Crippen molar-refractivity contribution in [2.45, 2.75) is 82.8 Å². The van der Waals surface area contributed by atoms with Crippen LogP contribution < -0.4 is 9.80 Å². The highest BCUT2D eigenvalue weighted by Crippen LogP contribution is 2.35. The van der Waals surface area contributed by atoms with E-state index in [1.807, 2.05) is 9.80 Å². The minimum atomic E-state index is -0.444. The molecule has 5 rings (SSSR count). The molecule has 1 aromatic rings. The number of nitrogens with zero attached hydrogens (tertiary/aromatic N) is 3. The van der Waals surface area contributed by atoms with Crippen molar-refractivity contribution in [1.82, 2.24) is 4.90 Å². The first-order chi connectivity index (χ1) is 16.4. The van der Waals surface area contributed by atoms with Gasteiger partial charge in [-0.05, 0) is 70.6 Å². The van der Waals surface area contributed by atoms with E-state index in [0.29, 0.717) is 37.6 Å². The molecule has 4 aliphatic rings. The number of amides is 2. The lowest BCUT2D eigenvalue weighted by molar-refractivity contribution is -0.116. The fourth-order valence-corrected chi connectivity index (χ4v) is 5.95. The molecule has 0 saturated carbocycles. The minimum Gasteiger partial charge on any atom is -0.449 e. The summed E-state index contributed by atoms with van der Waals surface area (Å²) >= 11 is 0. The van der Waals surface area contributed by atoms with E-state index in [1.165, 1.54) is 11.0 Å². The van der Waals surface area contributed by atoms with Gasteiger partial charge in [-0.1, -0.05) is 0 Å². The van der Waals surface area contributed by atoms with Gasteiger partial charge in [-0.25, -0.2) is 14.0 Å². The molecule has 5 unspecified atom stereocenters. The van der Waals surface area contributed by atoms with Crippen molar-refractivity contribution in [3.63, 3.8) is 0 Å². The molecule has 0 N–H and O–H groups in total. The zero-order valence-corrected chi connectivity index (χ0v) is 20.0. The molecule has 4 aliphatic heterocycles. The SMILES string of the molecule is CC1CC2CC(CC(C)N2C(=O)OC2CCCN(c3ccc(N4CCCOC4=O)cc3F)C2)O1. The summed E-state index contributed by atoms with van der Waals surface area (Å²) in [7, 11) is 0. The van der Waals surface area contributed by atoms with E-state index in [9.17, 15) is 9.59 Å². The number of cyclic esters (lactones) is 1. The predicted molar refractivity (Wildman–Crippen MR) is 125 cm³/mol. The van der Waals surface area contributed by atoms with Gasteiger partial charge in [0, 0.05) is 25.2 Å². The smallest absolute Gasteiger partial charge is 0.414 e. The van der Waals surface area contributed by atoms with Crippen LogP contribution in [0.25, 0.3) is 0 Å². The molecule has 4 fully saturated rings. The molecule has 0 aliphatic carbocycles. The van der Waals surface area contributed by atoms with E-state index >= 15 is 4.39 Å². The van der Waals surface area contributed by atoms with Crippen LogP contribution in [0.1, 0.15) is 52.4 Å². The number of carbonyl (C=O) groups is 2. The lowest BCUT2D eigenvalue weighted by atomic mass is 9.88. The highest BCUT2D eigenvalue weighted by molar-refractivity contribution is 5.88. The van der Waals surface area contributed by atoms with Crippen LogP contribution in [0.15, 0.2) is 18.2 Å². The number of likely N-dealkylation sites (tertiary alicyclic amines) is 1. The van der Waals surface area contributed by atoms with Gasteiger partial charge in [0.1, 0.15) is 11.9 Å². The Hall–Kier alpha value is -2.55. The number of piperidine rings is 2. The molecule has 9 heteroatoms. The Kier molecular flexibility index (Phi) is 6.55. The van der Waals surface area contributed by atoms with Crippen LogP contribution in [-0.4, -0.2) is 73.7 Å². The number of hydrogen-bond acceptors (Lipinski definition) is 6. The highest BCUT2D eigenvalue weighted by atomic mass is 19.1. The molecule has 4 heterocycles. The van der Waals surface area contributed by atoms with Gasteiger partial charge in [0.15, 0.2) is 0 Å². The Morgan fingerprint density at radius 3 is 2.79 bits per heavy atom. The van der Waals surface area contributed by atoms with Crippen LogP contribution >= 0.6 is 0 Å². The van der Waals surface area contributed by atoms with Crippen LogP contribution in [-0.2, 0) is 14.2 Å². The average molecular weight is 476 g/mol. The van der Waals surface area contributed by atoms with Gasteiger partial charge in [-0.2, -0.15) is 0 Å². The minimum absolute atomic E-state index is 0.0786. The van der Waals surface area contributed by atoms with Crippen molar-refractivity contribution in [3.8, 4) is 0 Å². The number of halogens is 1. The molecule has 0 spiro atoms. The van der Waals surface area contributed by atoms with Gasteiger partial charge in [0.05, 0.1) is 36.7 Å². The summed E-state index contributed by atoms with van der Waals surface area (Å²) in [6.07, 6.45) is 4.17. The second kappa shape index (κ2) is 9.60. The predicted octanol–water partition coefficient (Wildman–Crippen LogP) is 4.31. The number of ether oxygens (including phenoxy) is 3. The molecule has 2 bridgehead atoms. The van der Waals surface area contributed by atoms with Crippen LogP contribution in [0.3, 0.4) is 0 Å². The van der Waals surface area contributed by atoms with Crippen molar-refractivity contribution in [3.05, 3.63) is 24.0 Å². The normalized spacial score (nSPS) is 31.8. The summed E-state index contributed by atoms with van der Waals surface area (Å²) in [5, 5.41) is 0. The molecule has 0 aromatic heterocycles. The standard InChI is InChI=1S/C25H34FN3O5/c1-16-11-21-13-19(12-17(2)33-21)29(16)25(31)34-20-5-3-8-27(15-20)23-7-6-18(14-22(23)26)28-9-4-10-32-24(28)30/h6-7,14,16-17,19-21H,3-5,8-13,15H2,1-2H3. The zero-order chi connectivity index (χ0) is 23.8. The molecule has 186 valence electrons. The second-order valence-electron chi connectivity index (χ2n) is 10.0. The van der Waals surface area contributed by atoms with E-state index in [2.05, 4.69) is 13.8 Å². The van der Waals surface area contributed by atoms with Gasteiger partial charge in [0.25, 0.3) is 0 Å². The first-order valence-corrected chi connectivity index (χ1v) is 12.5. The Bertz CT molecular complexity index is 926. The topological polar surface area (TPSA) is 71.5 Å². The third-order valence-corrected chi connectivity index (χ3v) is 7.45. The van der Waals surface area contributed by atoms with Gasteiger partial charge < -0.3 is 24.0 Å². The van der Waals surface area contributed by atoms with E-state index in [4.69, 9.17) is 14.2 Å². The number of hydrogen-bond donors (Lipinski definition) is 0. The molecule has 4 saturated heterocycles. The average Bonchev–Trinajstić information content (AvgIpc) is 2.79. The Morgan fingerprint density at radius 2 is 2.00 bits per heavy atom. The summed E-state index contributed by atoms with van der Waals surface area (Å²) in [4.78, 5) is 30.4. The van der Waals surface area contributed by atoms with Gasteiger partial charge >= 0.3 is 12.2 Å². The molecule has 0 radical (unpaired) electrons. The van der Waals surface area contributed by atoms with Gasteiger partial charge in [-0.15, -0.1) is 0 Å². The Labute approximate surface area is 199 Å². The number of benzene rings is 1. The van der Waals surface area contributed by atoms with Crippen molar-refractivity contribution >= 4 is 23.6 Å². The second-order valence-corrected chi connectivity index (χ2v) is 10.0. The lowest BCUT2D eigenvalue weighted by Crippen LogP contribution is -2.57. The molecule has 34 heavy (non-hydrogen) atoms. The van der Waals surface area contributed by atoms with Gasteiger partial charge in [-0.3, -0.25) is 4.90 Å². The first kappa shape index (κ1) is 23.2. The largest absolute Gasteiger partial charge is 0.449 e. The van der Waals surface area contributed by atoms with Crippen LogP contribution in [0.4, 0.5) is 25.4 Å². The molecule has 2 amide bonds. The van der Waals surface area contributed by atoms with Gasteiger partial charge in [0.2, 0.25) is 0 Å². The van der Waals surface area contributed by atoms with E-state index < -0.39 is 11.9 Å². The molecule has 8 nitrogen and oxygen atoms in total. The number of anilines is 2. The first-order valence-electron chi connectivity index (χ1n) is 12.5. The van der Waals surface area contributed by atoms with Crippen molar-refractivity contribution in [2.24, 2.45) is 0 Å². The number of fused-ring (bicyclic) bond motifs is 2. The fraction of sp³-hybridized carbons (Fsp3) is 0.680. The van der Waals surface area contributed by atoms with Crippen LogP contribution in [0.2, 0.25) is 0 Å².